The lowest BCUT2D eigenvalue weighted by Crippen LogP contribution is -2.26. The number of alkyl halides is 3. The van der Waals surface area contributed by atoms with Crippen molar-refractivity contribution in [3.8, 4) is 5.75 Å². The maximum atomic E-state index is 13.8. The number of aryl methyl sites for hydroxylation is 1. The van der Waals surface area contributed by atoms with Crippen LogP contribution in [-0.4, -0.2) is 39.1 Å². The Labute approximate surface area is 170 Å². The zero-order valence-corrected chi connectivity index (χ0v) is 16.2. The SMILES string of the molecule is Cn1c(CN2C[C@@H]3C(COc4cc(C(F)(F)F)ccc4F)[C@@H]3C2)nc2cccnc21. The van der Waals surface area contributed by atoms with Crippen LogP contribution < -0.4 is 4.74 Å². The molecule has 5 rings (SSSR count). The third-order valence-electron chi connectivity index (χ3n) is 6.22. The summed E-state index contributed by atoms with van der Waals surface area (Å²) < 4.78 is 59.7. The fraction of sp³-hybridized carbons (Fsp3) is 0.429. The molecule has 0 spiro atoms. The Kier molecular flexibility index (Phi) is 4.46. The maximum Gasteiger partial charge on any atom is 0.416 e. The fourth-order valence-electron chi connectivity index (χ4n) is 4.50. The van der Waals surface area contributed by atoms with Crippen LogP contribution in [0.2, 0.25) is 0 Å². The molecule has 0 bridgehead atoms. The van der Waals surface area contributed by atoms with Crippen molar-refractivity contribution in [2.75, 3.05) is 19.7 Å². The lowest BCUT2D eigenvalue weighted by atomic mass is 10.2. The van der Waals surface area contributed by atoms with Gasteiger partial charge in [0.15, 0.2) is 17.2 Å². The number of pyridine rings is 1. The number of likely N-dealkylation sites (tertiary alicyclic amines) is 1. The Bertz CT molecular complexity index is 1080. The van der Waals surface area contributed by atoms with Crippen molar-refractivity contribution >= 4 is 11.2 Å². The first-order chi connectivity index (χ1) is 14.3. The lowest BCUT2D eigenvalue weighted by Gasteiger charge is -2.19. The molecule has 0 amide bonds. The number of fused-ring (bicyclic) bond motifs is 2. The van der Waals surface area contributed by atoms with E-state index in [-0.39, 0.29) is 18.3 Å². The van der Waals surface area contributed by atoms with Crippen LogP contribution in [0.3, 0.4) is 0 Å². The number of rotatable bonds is 5. The van der Waals surface area contributed by atoms with Crippen LogP contribution >= 0.6 is 0 Å². The van der Waals surface area contributed by atoms with Gasteiger partial charge in [-0.15, -0.1) is 0 Å². The first-order valence-corrected chi connectivity index (χ1v) is 9.79. The predicted molar refractivity (Wildman–Crippen MR) is 101 cm³/mol. The molecule has 3 heterocycles. The molecule has 0 N–H and O–H groups in total. The number of ether oxygens (including phenoxy) is 1. The standard InChI is InChI=1S/C21H20F4N4O/c1-28-19(27-17-3-2-6-26-20(17)28)10-29-8-13-14(9-29)15(13)11-30-18-7-12(21(23,24)25)4-5-16(18)22/h2-7,13-15H,8-11H2,1H3/t13-,14+,15?. The molecule has 1 aliphatic heterocycles. The van der Waals surface area contributed by atoms with Crippen LogP contribution in [0.5, 0.6) is 5.75 Å². The molecular weight excluding hydrogens is 400 g/mol. The second-order valence-electron chi connectivity index (χ2n) is 8.07. The van der Waals surface area contributed by atoms with E-state index in [1.165, 1.54) is 0 Å². The topological polar surface area (TPSA) is 43.2 Å². The summed E-state index contributed by atoms with van der Waals surface area (Å²) in [4.78, 5) is 11.3. The molecule has 30 heavy (non-hydrogen) atoms. The smallest absolute Gasteiger partial charge is 0.416 e. The van der Waals surface area contributed by atoms with E-state index in [1.807, 2.05) is 23.7 Å². The van der Waals surface area contributed by atoms with E-state index in [4.69, 9.17) is 4.74 Å². The van der Waals surface area contributed by atoms with E-state index >= 15 is 0 Å². The van der Waals surface area contributed by atoms with E-state index in [1.54, 1.807) is 6.20 Å². The quantitative estimate of drug-likeness (QED) is 0.588. The van der Waals surface area contributed by atoms with Crippen LogP contribution in [0, 0.1) is 23.6 Å². The molecule has 5 nitrogen and oxygen atoms in total. The summed E-state index contributed by atoms with van der Waals surface area (Å²) in [5.41, 5.74) is 0.818. The minimum atomic E-state index is -4.52. The molecule has 2 aliphatic rings. The van der Waals surface area contributed by atoms with Gasteiger partial charge in [-0.2, -0.15) is 13.2 Å². The zero-order valence-electron chi connectivity index (χ0n) is 16.2. The van der Waals surface area contributed by atoms with Gasteiger partial charge in [-0.3, -0.25) is 4.90 Å². The number of hydrogen-bond donors (Lipinski definition) is 0. The predicted octanol–water partition coefficient (Wildman–Crippen LogP) is 3.88. The third-order valence-corrected chi connectivity index (χ3v) is 6.22. The van der Waals surface area contributed by atoms with E-state index in [0.29, 0.717) is 11.8 Å². The summed E-state index contributed by atoms with van der Waals surface area (Å²) >= 11 is 0. The summed E-state index contributed by atoms with van der Waals surface area (Å²) in [6.07, 6.45) is -2.77. The third kappa shape index (κ3) is 3.40. The van der Waals surface area contributed by atoms with Gasteiger partial charge in [-0.25, -0.2) is 14.4 Å². The highest BCUT2D eigenvalue weighted by Crippen LogP contribution is 2.52. The van der Waals surface area contributed by atoms with Crippen molar-refractivity contribution in [1.82, 2.24) is 19.4 Å². The normalized spacial score (nSPS) is 23.7. The number of halogens is 4. The molecule has 3 aromatic rings. The second kappa shape index (κ2) is 6.94. The van der Waals surface area contributed by atoms with Crippen LogP contribution in [0.4, 0.5) is 17.6 Å². The average molecular weight is 420 g/mol. The van der Waals surface area contributed by atoms with Crippen LogP contribution in [-0.2, 0) is 19.8 Å². The van der Waals surface area contributed by atoms with Crippen molar-refractivity contribution in [1.29, 1.82) is 0 Å². The van der Waals surface area contributed by atoms with Gasteiger partial charge in [0.25, 0.3) is 0 Å². The molecule has 1 saturated carbocycles. The largest absolute Gasteiger partial charge is 0.490 e. The minimum Gasteiger partial charge on any atom is -0.490 e. The molecule has 2 aromatic heterocycles. The van der Waals surface area contributed by atoms with E-state index in [2.05, 4.69) is 14.9 Å². The van der Waals surface area contributed by atoms with Gasteiger partial charge in [0.2, 0.25) is 0 Å². The highest BCUT2D eigenvalue weighted by atomic mass is 19.4. The molecule has 2 fully saturated rings. The van der Waals surface area contributed by atoms with Gasteiger partial charge in [0, 0.05) is 32.3 Å². The molecule has 3 atom stereocenters. The molecule has 0 radical (unpaired) electrons. The molecular formula is C21H20F4N4O. The van der Waals surface area contributed by atoms with Crippen molar-refractivity contribution in [3.63, 3.8) is 0 Å². The maximum absolute atomic E-state index is 13.8. The molecule has 1 aromatic carbocycles. The summed E-state index contributed by atoms with van der Waals surface area (Å²) in [6, 6.07) is 6.07. The Morgan fingerprint density at radius 2 is 1.93 bits per heavy atom. The Hall–Kier alpha value is -2.68. The summed E-state index contributed by atoms with van der Waals surface area (Å²) in [5, 5.41) is 0. The monoisotopic (exact) mass is 420 g/mol. The number of imidazole rings is 1. The number of nitrogens with zero attached hydrogens (tertiary/aromatic N) is 4. The summed E-state index contributed by atoms with van der Waals surface area (Å²) in [5.74, 6) is 0.934. The van der Waals surface area contributed by atoms with Crippen molar-refractivity contribution < 1.29 is 22.3 Å². The molecule has 1 aliphatic carbocycles. The molecule has 1 unspecified atom stereocenters. The van der Waals surface area contributed by atoms with Crippen molar-refractivity contribution in [2.45, 2.75) is 12.7 Å². The van der Waals surface area contributed by atoms with Crippen LogP contribution in [0.1, 0.15) is 11.4 Å². The zero-order chi connectivity index (χ0) is 21.0. The van der Waals surface area contributed by atoms with E-state index in [9.17, 15) is 17.6 Å². The number of benzene rings is 1. The lowest BCUT2D eigenvalue weighted by molar-refractivity contribution is -0.137. The van der Waals surface area contributed by atoms with Gasteiger partial charge in [-0.05, 0) is 42.2 Å². The number of aromatic nitrogens is 3. The Morgan fingerprint density at radius 1 is 1.17 bits per heavy atom. The Morgan fingerprint density at radius 3 is 2.63 bits per heavy atom. The number of piperidine rings is 1. The molecule has 158 valence electrons. The summed E-state index contributed by atoms with van der Waals surface area (Å²) in [6.45, 7) is 2.70. The highest BCUT2D eigenvalue weighted by Gasteiger charge is 2.55. The average Bonchev–Trinajstić information content (AvgIpc) is 3.02. The minimum absolute atomic E-state index is 0.234. The molecule has 9 heteroatoms. The Balaban J connectivity index is 1.17. The molecule has 1 saturated heterocycles. The van der Waals surface area contributed by atoms with E-state index < -0.39 is 17.6 Å². The first kappa shape index (κ1) is 19.3. The van der Waals surface area contributed by atoms with Crippen LogP contribution in [0.15, 0.2) is 36.5 Å². The van der Waals surface area contributed by atoms with E-state index in [0.717, 1.165) is 54.8 Å². The van der Waals surface area contributed by atoms with Crippen LogP contribution in [0.25, 0.3) is 11.2 Å². The van der Waals surface area contributed by atoms with Crippen molar-refractivity contribution in [3.05, 3.63) is 53.7 Å². The van der Waals surface area contributed by atoms with Gasteiger partial charge in [0.05, 0.1) is 18.7 Å². The van der Waals surface area contributed by atoms with Gasteiger partial charge in [0.1, 0.15) is 11.3 Å². The number of hydrogen-bond acceptors (Lipinski definition) is 4. The fourth-order valence-corrected chi connectivity index (χ4v) is 4.50. The highest BCUT2D eigenvalue weighted by molar-refractivity contribution is 5.70. The summed E-state index contributed by atoms with van der Waals surface area (Å²) in [7, 11) is 1.95. The van der Waals surface area contributed by atoms with Gasteiger partial charge >= 0.3 is 6.18 Å². The van der Waals surface area contributed by atoms with Gasteiger partial charge < -0.3 is 9.30 Å². The second-order valence-corrected chi connectivity index (χ2v) is 8.07. The first-order valence-electron chi connectivity index (χ1n) is 9.79. The van der Waals surface area contributed by atoms with Crippen molar-refractivity contribution in [2.24, 2.45) is 24.8 Å². The van der Waals surface area contributed by atoms with Gasteiger partial charge in [-0.1, -0.05) is 0 Å².